The van der Waals surface area contributed by atoms with Crippen LogP contribution in [0.3, 0.4) is 0 Å². The number of rotatable bonds is 4. The molecule has 0 amide bonds. The van der Waals surface area contributed by atoms with Gasteiger partial charge in [-0.25, -0.2) is 4.98 Å². The number of guanidine groups is 1. The topological polar surface area (TPSA) is 43.8 Å². The lowest BCUT2D eigenvalue weighted by Gasteiger charge is -2.36. The first kappa shape index (κ1) is 18.8. The molecule has 0 saturated carbocycles. The maximum atomic E-state index is 4.49. The molecule has 0 aliphatic carbocycles. The van der Waals surface area contributed by atoms with Crippen molar-refractivity contribution in [2.75, 3.05) is 33.2 Å². The molecule has 1 N–H and O–H groups in total. The van der Waals surface area contributed by atoms with Crippen molar-refractivity contribution in [3.63, 3.8) is 0 Å². The zero-order valence-electron chi connectivity index (χ0n) is 14.9. The smallest absolute Gasteiger partial charge is 0.194 e. The van der Waals surface area contributed by atoms with Crippen LogP contribution in [0.1, 0.15) is 20.5 Å². The van der Waals surface area contributed by atoms with Gasteiger partial charge in [0.1, 0.15) is 0 Å². The van der Waals surface area contributed by atoms with Gasteiger partial charge in [-0.2, -0.15) is 0 Å². The van der Waals surface area contributed by atoms with Crippen molar-refractivity contribution in [1.29, 1.82) is 0 Å². The van der Waals surface area contributed by atoms with Crippen LogP contribution in [0.15, 0.2) is 20.9 Å². The van der Waals surface area contributed by atoms with Crippen LogP contribution in [-0.2, 0) is 13.1 Å². The Labute approximate surface area is 165 Å². The first-order valence-corrected chi connectivity index (χ1v) is 10.8. The molecule has 2 aromatic rings. The minimum Gasteiger partial charge on any atom is -0.351 e. The Morgan fingerprint density at radius 1 is 1.24 bits per heavy atom. The Morgan fingerprint density at radius 3 is 2.56 bits per heavy atom. The number of thiophene rings is 1. The van der Waals surface area contributed by atoms with E-state index in [2.05, 4.69) is 67.0 Å². The average molecular weight is 442 g/mol. The van der Waals surface area contributed by atoms with Gasteiger partial charge in [-0.1, -0.05) is 0 Å². The molecule has 3 rings (SSSR count). The van der Waals surface area contributed by atoms with Gasteiger partial charge in [0.05, 0.1) is 21.0 Å². The number of aliphatic imine (C=N–C) groups is 1. The first-order valence-electron chi connectivity index (χ1n) is 8.40. The third-order valence-corrected chi connectivity index (χ3v) is 6.98. The number of halogens is 1. The number of hydrogen-bond acceptors (Lipinski definition) is 5. The van der Waals surface area contributed by atoms with Gasteiger partial charge in [-0.3, -0.25) is 9.89 Å². The van der Waals surface area contributed by atoms with Gasteiger partial charge in [0.15, 0.2) is 5.96 Å². The van der Waals surface area contributed by atoms with E-state index in [0.717, 1.165) is 55.9 Å². The van der Waals surface area contributed by atoms with E-state index in [0.29, 0.717) is 0 Å². The van der Waals surface area contributed by atoms with Crippen molar-refractivity contribution in [1.82, 2.24) is 20.1 Å². The van der Waals surface area contributed by atoms with Crippen molar-refractivity contribution in [3.05, 3.63) is 36.4 Å². The third-order valence-electron chi connectivity index (χ3n) is 4.30. The standard InChI is InChI=1S/C17H24BrN5S2/c1-12-15(24-13(2)21-12)10-20-17(19-3)23-8-6-22(7-9-23)11-14-4-5-16(18)25-14/h4-5H,6-11H2,1-3H3,(H,19,20). The predicted octanol–water partition coefficient (Wildman–Crippen LogP) is 3.48. The number of piperazine rings is 1. The number of nitrogens with one attached hydrogen (secondary N) is 1. The maximum absolute atomic E-state index is 4.49. The van der Waals surface area contributed by atoms with E-state index in [1.807, 2.05) is 18.4 Å². The van der Waals surface area contributed by atoms with Crippen LogP contribution in [0.2, 0.25) is 0 Å². The summed E-state index contributed by atoms with van der Waals surface area (Å²) >= 11 is 7.12. The molecule has 3 heterocycles. The monoisotopic (exact) mass is 441 g/mol. The molecular weight excluding hydrogens is 418 g/mol. The third kappa shape index (κ3) is 5.03. The summed E-state index contributed by atoms with van der Waals surface area (Å²) in [6.07, 6.45) is 0. The minimum atomic E-state index is 0.799. The summed E-state index contributed by atoms with van der Waals surface area (Å²) in [5.41, 5.74) is 1.12. The van der Waals surface area contributed by atoms with Crippen molar-refractivity contribution in [2.45, 2.75) is 26.9 Å². The Balaban J connectivity index is 1.49. The average Bonchev–Trinajstić information content (AvgIpc) is 3.14. The molecular formula is C17H24BrN5S2. The second-order valence-corrected chi connectivity index (χ2v) is 9.95. The molecule has 0 spiro atoms. The molecule has 1 aliphatic heterocycles. The van der Waals surface area contributed by atoms with Crippen LogP contribution in [0, 0.1) is 13.8 Å². The highest BCUT2D eigenvalue weighted by atomic mass is 79.9. The highest BCUT2D eigenvalue weighted by Crippen LogP contribution is 2.23. The van der Waals surface area contributed by atoms with Crippen molar-refractivity contribution >= 4 is 44.6 Å². The van der Waals surface area contributed by atoms with E-state index >= 15 is 0 Å². The molecule has 0 radical (unpaired) electrons. The normalized spacial score (nSPS) is 16.5. The predicted molar refractivity (Wildman–Crippen MR) is 111 cm³/mol. The van der Waals surface area contributed by atoms with Gasteiger partial charge < -0.3 is 10.2 Å². The summed E-state index contributed by atoms with van der Waals surface area (Å²) in [5.74, 6) is 0.990. The SMILES string of the molecule is CN=C(NCc1sc(C)nc1C)N1CCN(Cc2ccc(Br)s2)CC1. The summed E-state index contributed by atoms with van der Waals surface area (Å²) in [5, 5.41) is 4.62. The quantitative estimate of drug-likeness (QED) is 0.582. The summed E-state index contributed by atoms with van der Waals surface area (Å²) in [7, 11) is 1.86. The Kier molecular flexibility index (Phi) is 6.49. The van der Waals surface area contributed by atoms with Gasteiger partial charge in [-0.05, 0) is 41.9 Å². The minimum absolute atomic E-state index is 0.799. The van der Waals surface area contributed by atoms with Gasteiger partial charge in [0.2, 0.25) is 0 Å². The highest BCUT2D eigenvalue weighted by molar-refractivity contribution is 9.11. The zero-order valence-corrected chi connectivity index (χ0v) is 18.1. The molecule has 1 saturated heterocycles. The summed E-state index contributed by atoms with van der Waals surface area (Å²) < 4.78 is 1.21. The second kappa shape index (κ2) is 8.62. The Bertz CT molecular complexity index is 731. The fraction of sp³-hybridized carbons (Fsp3) is 0.529. The lowest BCUT2D eigenvalue weighted by Crippen LogP contribution is -2.51. The molecule has 25 heavy (non-hydrogen) atoms. The number of hydrogen-bond donors (Lipinski definition) is 1. The molecule has 0 aromatic carbocycles. The van der Waals surface area contributed by atoms with Gasteiger partial charge >= 0.3 is 0 Å². The molecule has 2 aromatic heterocycles. The molecule has 0 unspecified atom stereocenters. The summed E-state index contributed by atoms with van der Waals surface area (Å²) in [6.45, 7) is 10.1. The molecule has 1 fully saturated rings. The highest BCUT2D eigenvalue weighted by Gasteiger charge is 2.20. The van der Waals surface area contributed by atoms with E-state index in [4.69, 9.17) is 0 Å². The molecule has 5 nitrogen and oxygen atoms in total. The van der Waals surface area contributed by atoms with Crippen molar-refractivity contribution < 1.29 is 0 Å². The van der Waals surface area contributed by atoms with E-state index < -0.39 is 0 Å². The van der Waals surface area contributed by atoms with Crippen molar-refractivity contribution in [3.8, 4) is 0 Å². The van der Waals surface area contributed by atoms with E-state index in [9.17, 15) is 0 Å². The number of thiazole rings is 1. The lowest BCUT2D eigenvalue weighted by atomic mass is 10.3. The Hall–Kier alpha value is -0.960. The van der Waals surface area contributed by atoms with E-state index in [-0.39, 0.29) is 0 Å². The van der Waals surface area contributed by atoms with E-state index in [1.165, 1.54) is 13.5 Å². The molecule has 0 bridgehead atoms. The molecule has 8 heteroatoms. The maximum Gasteiger partial charge on any atom is 0.194 e. The molecule has 1 aliphatic rings. The van der Waals surface area contributed by atoms with Crippen LogP contribution in [0.25, 0.3) is 0 Å². The number of aryl methyl sites for hydroxylation is 2. The van der Waals surface area contributed by atoms with Crippen LogP contribution in [-0.4, -0.2) is 54.0 Å². The van der Waals surface area contributed by atoms with Gasteiger partial charge in [0.25, 0.3) is 0 Å². The zero-order chi connectivity index (χ0) is 17.8. The van der Waals surface area contributed by atoms with E-state index in [1.54, 1.807) is 11.3 Å². The fourth-order valence-electron chi connectivity index (χ4n) is 3.00. The van der Waals surface area contributed by atoms with Crippen LogP contribution < -0.4 is 5.32 Å². The lowest BCUT2D eigenvalue weighted by molar-refractivity contribution is 0.173. The fourth-order valence-corrected chi connectivity index (χ4v) is 5.41. The van der Waals surface area contributed by atoms with Crippen molar-refractivity contribution in [2.24, 2.45) is 4.99 Å². The van der Waals surface area contributed by atoms with Crippen LogP contribution >= 0.6 is 38.6 Å². The largest absolute Gasteiger partial charge is 0.351 e. The van der Waals surface area contributed by atoms with Crippen LogP contribution in [0.5, 0.6) is 0 Å². The first-order chi connectivity index (χ1) is 12.0. The Morgan fingerprint density at radius 2 is 2.00 bits per heavy atom. The van der Waals surface area contributed by atoms with Gasteiger partial charge in [0, 0.05) is 49.5 Å². The summed E-state index contributed by atoms with van der Waals surface area (Å²) in [4.78, 5) is 16.5. The van der Waals surface area contributed by atoms with Crippen LogP contribution in [0.4, 0.5) is 0 Å². The number of aromatic nitrogens is 1. The number of nitrogens with zero attached hydrogens (tertiary/aromatic N) is 4. The van der Waals surface area contributed by atoms with Gasteiger partial charge in [-0.15, -0.1) is 22.7 Å². The summed E-state index contributed by atoms with van der Waals surface area (Å²) in [6, 6.07) is 4.34. The molecule has 136 valence electrons. The molecule has 0 atom stereocenters. The second-order valence-electron chi connectivity index (χ2n) is 6.11.